The van der Waals surface area contributed by atoms with Crippen LogP contribution in [0, 0.1) is 0 Å². The third kappa shape index (κ3) is 3.53. The molecule has 8 heteroatoms. The van der Waals surface area contributed by atoms with Crippen molar-refractivity contribution >= 4 is 43.2 Å². The van der Waals surface area contributed by atoms with Crippen molar-refractivity contribution < 1.29 is 8.42 Å². The second-order valence-electron chi connectivity index (χ2n) is 5.39. The van der Waals surface area contributed by atoms with Crippen LogP contribution in [-0.4, -0.2) is 50.3 Å². The molecule has 1 fully saturated rings. The van der Waals surface area contributed by atoms with Gasteiger partial charge in [0.25, 0.3) is 0 Å². The van der Waals surface area contributed by atoms with Gasteiger partial charge in [-0.1, -0.05) is 11.6 Å². The zero-order valence-electron chi connectivity index (χ0n) is 12.0. The molecule has 21 heavy (non-hydrogen) atoms. The van der Waals surface area contributed by atoms with Gasteiger partial charge in [-0.25, -0.2) is 8.42 Å². The average Bonchev–Trinajstić information content (AvgIpc) is 2.54. The van der Waals surface area contributed by atoms with E-state index in [0.29, 0.717) is 28.3 Å². The molecule has 0 bridgehead atoms. The summed E-state index contributed by atoms with van der Waals surface area (Å²) in [6, 6.07) is 2.87. The highest BCUT2D eigenvalue weighted by atomic mass is 79.9. The van der Waals surface area contributed by atoms with E-state index in [2.05, 4.69) is 20.8 Å². The van der Waals surface area contributed by atoms with Crippen LogP contribution in [0.5, 0.6) is 0 Å². The van der Waals surface area contributed by atoms with Gasteiger partial charge in [0.05, 0.1) is 9.37 Å². The number of nitrogens with zero attached hydrogens (tertiary/aromatic N) is 2. The lowest BCUT2D eigenvalue weighted by Crippen LogP contribution is -2.42. The summed E-state index contributed by atoms with van der Waals surface area (Å²) in [5.41, 5.74) is 6.13. The number of nitrogens with two attached hydrogens (primary N) is 1. The minimum Gasteiger partial charge on any atom is -0.398 e. The molecule has 5 nitrogen and oxygen atoms in total. The Morgan fingerprint density at radius 2 is 2.05 bits per heavy atom. The van der Waals surface area contributed by atoms with Crippen molar-refractivity contribution in [2.75, 3.05) is 32.4 Å². The number of hydrogen-bond donors (Lipinski definition) is 1. The topological polar surface area (TPSA) is 66.6 Å². The Balaban J connectivity index is 2.46. The van der Waals surface area contributed by atoms with Gasteiger partial charge in [-0.2, -0.15) is 4.31 Å². The molecular formula is C13H19BrClN3O2S. The fourth-order valence-corrected chi connectivity index (χ4v) is 5.52. The average molecular weight is 397 g/mol. The number of rotatable bonds is 2. The minimum absolute atomic E-state index is 0.102. The summed E-state index contributed by atoms with van der Waals surface area (Å²) >= 11 is 9.24. The molecule has 0 aliphatic carbocycles. The van der Waals surface area contributed by atoms with E-state index in [0.717, 1.165) is 13.0 Å². The fourth-order valence-electron chi connectivity index (χ4n) is 2.61. The van der Waals surface area contributed by atoms with Crippen molar-refractivity contribution in [1.82, 2.24) is 9.21 Å². The van der Waals surface area contributed by atoms with Gasteiger partial charge in [0, 0.05) is 29.8 Å². The lowest BCUT2D eigenvalue weighted by molar-refractivity contribution is 0.290. The minimum atomic E-state index is -3.64. The molecule has 1 saturated heterocycles. The molecule has 0 spiro atoms. The first-order valence-electron chi connectivity index (χ1n) is 6.68. The zero-order valence-corrected chi connectivity index (χ0v) is 15.2. The molecule has 1 aliphatic rings. The second kappa shape index (κ2) is 6.42. The summed E-state index contributed by atoms with van der Waals surface area (Å²) in [5, 5.41) is 0.314. The highest BCUT2D eigenvalue weighted by Gasteiger charge is 2.33. The normalized spacial score (nSPS) is 22.2. The molecule has 0 amide bonds. The maximum Gasteiger partial charge on any atom is 0.244 e. The van der Waals surface area contributed by atoms with Crippen LogP contribution in [0.25, 0.3) is 0 Å². The Bertz CT molecular complexity index is 639. The maximum atomic E-state index is 12.9. The molecule has 1 aromatic carbocycles. The molecule has 2 N–H and O–H groups in total. The molecule has 1 unspecified atom stereocenters. The number of benzene rings is 1. The van der Waals surface area contributed by atoms with Crippen molar-refractivity contribution in [1.29, 1.82) is 0 Å². The molecular weight excluding hydrogens is 378 g/mol. The van der Waals surface area contributed by atoms with E-state index >= 15 is 0 Å². The number of nitrogen functional groups attached to an aromatic ring is 1. The predicted molar refractivity (Wildman–Crippen MR) is 89.0 cm³/mol. The molecule has 118 valence electrons. The number of anilines is 1. The van der Waals surface area contributed by atoms with Crippen molar-refractivity contribution in [3.8, 4) is 0 Å². The molecule has 0 radical (unpaired) electrons. The summed E-state index contributed by atoms with van der Waals surface area (Å²) in [6.45, 7) is 4.00. The monoisotopic (exact) mass is 395 g/mol. The standard InChI is InChI=1S/C13H19BrClN3O2S/c1-9-8-17(2)4-3-5-18(9)21(19,20)12-7-10(15)6-11(16)13(12)14/h6-7,9H,3-5,8,16H2,1-2H3. The van der Waals surface area contributed by atoms with E-state index in [1.54, 1.807) is 0 Å². The predicted octanol–water partition coefficient (Wildman–Crippen LogP) is 2.40. The van der Waals surface area contributed by atoms with Gasteiger partial charge >= 0.3 is 0 Å². The van der Waals surface area contributed by atoms with Gasteiger partial charge in [0.2, 0.25) is 10.0 Å². The van der Waals surface area contributed by atoms with E-state index in [1.807, 2.05) is 14.0 Å². The summed E-state index contributed by atoms with van der Waals surface area (Å²) in [4.78, 5) is 2.27. The quantitative estimate of drug-likeness (QED) is 0.780. The van der Waals surface area contributed by atoms with E-state index in [-0.39, 0.29) is 10.9 Å². The van der Waals surface area contributed by atoms with Crippen molar-refractivity contribution in [3.63, 3.8) is 0 Å². The first-order chi connectivity index (χ1) is 9.73. The van der Waals surface area contributed by atoms with E-state index in [1.165, 1.54) is 16.4 Å². The van der Waals surface area contributed by atoms with Crippen molar-refractivity contribution in [2.45, 2.75) is 24.3 Å². The van der Waals surface area contributed by atoms with E-state index < -0.39 is 10.0 Å². The first-order valence-corrected chi connectivity index (χ1v) is 9.29. The Morgan fingerprint density at radius 1 is 1.38 bits per heavy atom. The molecule has 1 heterocycles. The van der Waals surface area contributed by atoms with Gasteiger partial charge in [-0.05, 0) is 55.0 Å². The van der Waals surface area contributed by atoms with E-state index in [9.17, 15) is 8.42 Å². The highest BCUT2D eigenvalue weighted by Crippen LogP contribution is 2.34. The summed E-state index contributed by atoms with van der Waals surface area (Å²) < 4.78 is 27.8. The molecule has 2 rings (SSSR count). The number of sulfonamides is 1. The Labute approximate surface area is 139 Å². The largest absolute Gasteiger partial charge is 0.398 e. The summed E-state index contributed by atoms with van der Waals surface area (Å²) in [5.74, 6) is 0. The first kappa shape index (κ1) is 17.0. The van der Waals surface area contributed by atoms with Crippen LogP contribution in [0.1, 0.15) is 13.3 Å². The second-order valence-corrected chi connectivity index (χ2v) is 8.48. The Hall–Kier alpha value is -0.340. The fraction of sp³-hybridized carbons (Fsp3) is 0.538. The van der Waals surface area contributed by atoms with Crippen LogP contribution in [0.4, 0.5) is 5.69 Å². The Kier molecular flexibility index (Phi) is 5.20. The van der Waals surface area contributed by atoms with Gasteiger partial charge in [0.1, 0.15) is 0 Å². The smallest absolute Gasteiger partial charge is 0.244 e. The number of halogens is 2. The van der Waals surface area contributed by atoms with Crippen molar-refractivity contribution in [3.05, 3.63) is 21.6 Å². The SMILES string of the molecule is CC1CN(C)CCCN1S(=O)(=O)c1cc(Cl)cc(N)c1Br. The van der Waals surface area contributed by atoms with E-state index in [4.69, 9.17) is 17.3 Å². The molecule has 1 aliphatic heterocycles. The third-order valence-electron chi connectivity index (χ3n) is 3.60. The van der Waals surface area contributed by atoms with Gasteiger partial charge in [-0.15, -0.1) is 0 Å². The third-order valence-corrected chi connectivity index (χ3v) is 7.01. The Morgan fingerprint density at radius 3 is 2.71 bits per heavy atom. The zero-order chi connectivity index (χ0) is 15.8. The highest BCUT2D eigenvalue weighted by molar-refractivity contribution is 9.10. The van der Waals surface area contributed by atoms with Crippen LogP contribution in [0.3, 0.4) is 0 Å². The number of hydrogen-bond acceptors (Lipinski definition) is 4. The molecule has 0 aromatic heterocycles. The molecule has 0 saturated carbocycles. The summed E-state index contributed by atoms with van der Waals surface area (Å²) in [6.07, 6.45) is 0.799. The number of likely N-dealkylation sites (N-methyl/N-ethyl adjacent to an activating group) is 1. The molecule has 1 atom stereocenters. The van der Waals surface area contributed by atoms with Gasteiger partial charge in [0.15, 0.2) is 0 Å². The van der Waals surface area contributed by atoms with Gasteiger partial charge < -0.3 is 10.6 Å². The van der Waals surface area contributed by atoms with Crippen molar-refractivity contribution in [2.24, 2.45) is 0 Å². The van der Waals surface area contributed by atoms with Crippen LogP contribution in [0.15, 0.2) is 21.5 Å². The van der Waals surface area contributed by atoms with Gasteiger partial charge in [-0.3, -0.25) is 0 Å². The molecule has 1 aromatic rings. The van der Waals surface area contributed by atoms with Crippen LogP contribution < -0.4 is 5.73 Å². The van der Waals surface area contributed by atoms with Crippen LogP contribution >= 0.6 is 27.5 Å². The lowest BCUT2D eigenvalue weighted by Gasteiger charge is -2.27. The maximum absolute atomic E-state index is 12.9. The van der Waals surface area contributed by atoms with Crippen LogP contribution in [0.2, 0.25) is 5.02 Å². The van der Waals surface area contributed by atoms with Crippen LogP contribution in [-0.2, 0) is 10.0 Å². The summed E-state index contributed by atoms with van der Waals surface area (Å²) in [7, 11) is -1.64. The lowest BCUT2D eigenvalue weighted by atomic mass is 10.3.